The fraction of sp³-hybridized carbons (Fsp3) is 0.350. The molecule has 1 spiro atoms. The highest BCUT2D eigenvalue weighted by molar-refractivity contribution is 5.95. The maximum Gasteiger partial charge on any atom is 0.253 e. The Morgan fingerprint density at radius 2 is 1.92 bits per heavy atom. The zero-order chi connectivity index (χ0) is 18.1. The molecule has 0 saturated carbocycles. The van der Waals surface area contributed by atoms with Crippen LogP contribution in [0.2, 0.25) is 0 Å². The van der Waals surface area contributed by atoms with Crippen molar-refractivity contribution in [2.75, 3.05) is 19.6 Å². The SMILES string of the molecule is O=C(c1ccncc1)N1CC[C@@]2(CCN(Cc3cccc(F)c3)C2=O)C1. The van der Waals surface area contributed by atoms with Gasteiger partial charge in [0, 0.05) is 44.1 Å². The monoisotopic (exact) mass is 353 g/mol. The standard InChI is InChI=1S/C20H20FN3O2/c21-17-3-1-2-15(12-17)13-23-10-6-20(19(23)26)7-11-24(14-20)18(25)16-4-8-22-9-5-16/h1-5,8-9,12H,6-7,10-11,13-14H2/t20-/m0/s1. The molecule has 2 saturated heterocycles. The smallest absolute Gasteiger partial charge is 0.253 e. The van der Waals surface area contributed by atoms with E-state index in [4.69, 9.17) is 0 Å². The molecule has 0 unspecified atom stereocenters. The van der Waals surface area contributed by atoms with Gasteiger partial charge in [-0.25, -0.2) is 4.39 Å². The van der Waals surface area contributed by atoms with Crippen molar-refractivity contribution in [1.29, 1.82) is 0 Å². The molecule has 134 valence electrons. The fourth-order valence-electron chi connectivity index (χ4n) is 4.00. The number of pyridine rings is 1. The van der Waals surface area contributed by atoms with Crippen LogP contribution in [0.1, 0.15) is 28.8 Å². The number of likely N-dealkylation sites (tertiary alicyclic amines) is 2. The zero-order valence-electron chi connectivity index (χ0n) is 14.4. The summed E-state index contributed by atoms with van der Waals surface area (Å²) in [7, 11) is 0. The summed E-state index contributed by atoms with van der Waals surface area (Å²) in [6.45, 7) is 2.09. The molecule has 6 heteroatoms. The van der Waals surface area contributed by atoms with E-state index in [-0.39, 0.29) is 17.6 Å². The normalized spacial score (nSPS) is 22.4. The minimum Gasteiger partial charge on any atom is -0.338 e. The van der Waals surface area contributed by atoms with Crippen molar-refractivity contribution in [3.63, 3.8) is 0 Å². The molecular weight excluding hydrogens is 333 g/mol. The number of benzene rings is 1. The summed E-state index contributed by atoms with van der Waals surface area (Å²) in [5, 5.41) is 0. The van der Waals surface area contributed by atoms with Crippen LogP contribution in [-0.4, -0.2) is 46.2 Å². The van der Waals surface area contributed by atoms with Gasteiger partial charge in [0.25, 0.3) is 5.91 Å². The van der Waals surface area contributed by atoms with Crippen molar-refractivity contribution in [3.8, 4) is 0 Å². The van der Waals surface area contributed by atoms with E-state index in [1.807, 2.05) is 6.07 Å². The van der Waals surface area contributed by atoms with E-state index in [9.17, 15) is 14.0 Å². The number of hydrogen-bond donors (Lipinski definition) is 0. The first-order valence-electron chi connectivity index (χ1n) is 8.81. The molecule has 3 heterocycles. The Morgan fingerprint density at radius 1 is 1.15 bits per heavy atom. The third-order valence-electron chi connectivity index (χ3n) is 5.43. The van der Waals surface area contributed by atoms with Crippen molar-refractivity contribution < 1.29 is 14.0 Å². The van der Waals surface area contributed by atoms with Crippen molar-refractivity contribution in [2.45, 2.75) is 19.4 Å². The lowest BCUT2D eigenvalue weighted by Gasteiger charge is -2.24. The number of amides is 2. The summed E-state index contributed by atoms with van der Waals surface area (Å²) in [4.78, 5) is 33.1. The summed E-state index contributed by atoms with van der Waals surface area (Å²) in [6.07, 6.45) is 4.62. The first-order valence-corrected chi connectivity index (χ1v) is 8.81. The number of carbonyl (C=O) groups excluding carboxylic acids is 2. The zero-order valence-corrected chi connectivity index (χ0v) is 14.4. The van der Waals surface area contributed by atoms with Crippen LogP contribution in [0, 0.1) is 11.2 Å². The van der Waals surface area contributed by atoms with Gasteiger partial charge in [0.1, 0.15) is 5.82 Å². The molecule has 4 rings (SSSR count). The second-order valence-corrected chi connectivity index (χ2v) is 7.10. The minimum atomic E-state index is -0.490. The van der Waals surface area contributed by atoms with Gasteiger partial charge in [0.05, 0.1) is 5.41 Å². The molecule has 1 aromatic carbocycles. The van der Waals surface area contributed by atoms with Crippen molar-refractivity contribution in [3.05, 3.63) is 65.7 Å². The molecule has 2 aromatic rings. The summed E-state index contributed by atoms with van der Waals surface area (Å²) in [5.74, 6) is -0.272. The topological polar surface area (TPSA) is 53.5 Å². The average Bonchev–Trinajstić information content (AvgIpc) is 3.22. The minimum absolute atomic E-state index is 0.0549. The Hall–Kier alpha value is -2.76. The summed E-state index contributed by atoms with van der Waals surface area (Å²) >= 11 is 0. The Balaban J connectivity index is 1.45. The molecule has 0 bridgehead atoms. The molecule has 2 fully saturated rings. The Bertz CT molecular complexity index is 842. The van der Waals surface area contributed by atoms with Gasteiger partial charge in [-0.05, 0) is 42.7 Å². The van der Waals surface area contributed by atoms with Crippen LogP contribution in [0.4, 0.5) is 4.39 Å². The molecule has 0 aliphatic carbocycles. The number of hydrogen-bond acceptors (Lipinski definition) is 3. The average molecular weight is 353 g/mol. The molecule has 5 nitrogen and oxygen atoms in total. The van der Waals surface area contributed by atoms with Crippen LogP contribution < -0.4 is 0 Å². The van der Waals surface area contributed by atoms with Crippen LogP contribution in [0.25, 0.3) is 0 Å². The van der Waals surface area contributed by atoms with E-state index >= 15 is 0 Å². The molecule has 2 amide bonds. The van der Waals surface area contributed by atoms with E-state index in [1.165, 1.54) is 12.1 Å². The van der Waals surface area contributed by atoms with Crippen molar-refractivity contribution in [1.82, 2.24) is 14.8 Å². The highest BCUT2D eigenvalue weighted by atomic mass is 19.1. The second-order valence-electron chi connectivity index (χ2n) is 7.10. The predicted molar refractivity (Wildman–Crippen MR) is 93.6 cm³/mol. The Morgan fingerprint density at radius 3 is 2.69 bits per heavy atom. The van der Waals surface area contributed by atoms with Crippen LogP contribution in [0.3, 0.4) is 0 Å². The van der Waals surface area contributed by atoms with Gasteiger partial charge in [0.15, 0.2) is 0 Å². The largest absolute Gasteiger partial charge is 0.338 e. The van der Waals surface area contributed by atoms with Gasteiger partial charge in [-0.2, -0.15) is 0 Å². The first-order chi connectivity index (χ1) is 12.6. The van der Waals surface area contributed by atoms with Crippen LogP contribution in [0.15, 0.2) is 48.8 Å². The third kappa shape index (κ3) is 2.96. The molecule has 2 aliphatic heterocycles. The van der Waals surface area contributed by atoms with E-state index < -0.39 is 5.41 Å². The second kappa shape index (κ2) is 6.52. The van der Waals surface area contributed by atoms with Gasteiger partial charge in [-0.3, -0.25) is 14.6 Å². The molecule has 2 aliphatic rings. The molecular formula is C20H20FN3O2. The molecule has 0 radical (unpaired) electrons. The Kier molecular flexibility index (Phi) is 4.18. The highest BCUT2D eigenvalue weighted by Crippen LogP contribution is 2.41. The van der Waals surface area contributed by atoms with E-state index in [0.29, 0.717) is 38.2 Å². The Labute approximate surface area is 151 Å². The van der Waals surface area contributed by atoms with E-state index in [2.05, 4.69) is 4.98 Å². The molecule has 1 atom stereocenters. The number of carbonyl (C=O) groups is 2. The van der Waals surface area contributed by atoms with E-state index in [1.54, 1.807) is 40.4 Å². The van der Waals surface area contributed by atoms with Crippen molar-refractivity contribution >= 4 is 11.8 Å². The number of rotatable bonds is 3. The fourth-order valence-corrected chi connectivity index (χ4v) is 4.00. The van der Waals surface area contributed by atoms with E-state index in [0.717, 1.165) is 12.0 Å². The maximum absolute atomic E-state index is 13.4. The first kappa shape index (κ1) is 16.7. The molecule has 1 aromatic heterocycles. The van der Waals surface area contributed by atoms with Crippen LogP contribution >= 0.6 is 0 Å². The van der Waals surface area contributed by atoms with Gasteiger partial charge in [-0.15, -0.1) is 0 Å². The third-order valence-corrected chi connectivity index (χ3v) is 5.43. The van der Waals surface area contributed by atoms with Crippen LogP contribution in [0.5, 0.6) is 0 Å². The summed E-state index contributed by atoms with van der Waals surface area (Å²) < 4.78 is 13.4. The highest BCUT2D eigenvalue weighted by Gasteiger charge is 2.51. The number of halogens is 1. The summed E-state index contributed by atoms with van der Waals surface area (Å²) in [6, 6.07) is 9.74. The van der Waals surface area contributed by atoms with Gasteiger partial charge in [0.2, 0.25) is 5.91 Å². The van der Waals surface area contributed by atoms with Gasteiger partial charge in [-0.1, -0.05) is 12.1 Å². The lowest BCUT2D eigenvalue weighted by molar-refractivity contribution is -0.135. The quantitative estimate of drug-likeness (QED) is 0.852. The maximum atomic E-state index is 13.4. The van der Waals surface area contributed by atoms with Gasteiger partial charge >= 0.3 is 0 Å². The summed E-state index contributed by atoms with van der Waals surface area (Å²) in [5.41, 5.74) is 0.896. The predicted octanol–water partition coefficient (Wildman–Crippen LogP) is 2.49. The number of aromatic nitrogens is 1. The molecule has 0 N–H and O–H groups in total. The lowest BCUT2D eigenvalue weighted by atomic mass is 9.85. The lowest BCUT2D eigenvalue weighted by Crippen LogP contribution is -2.38. The van der Waals surface area contributed by atoms with Gasteiger partial charge < -0.3 is 9.80 Å². The number of nitrogens with zero attached hydrogens (tertiary/aromatic N) is 3. The molecule has 26 heavy (non-hydrogen) atoms. The van der Waals surface area contributed by atoms with Crippen LogP contribution in [-0.2, 0) is 11.3 Å². The van der Waals surface area contributed by atoms with Crippen molar-refractivity contribution in [2.24, 2.45) is 5.41 Å².